The van der Waals surface area contributed by atoms with Crippen molar-refractivity contribution in [2.75, 3.05) is 0 Å². The molecule has 0 saturated heterocycles. The second kappa shape index (κ2) is 5.99. The number of benzene rings is 1. The van der Waals surface area contributed by atoms with Gasteiger partial charge in [0.15, 0.2) is 0 Å². The van der Waals surface area contributed by atoms with E-state index in [1.54, 1.807) is 6.07 Å². The summed E-state index contributed by atoms with van der Waals surface area (Å²) in [6, 6.07) is 3.54. The van der Waals surface area contributed by atoms with Gasteiger partial charge in [-0.1, -0.05) is 26.3 Å². The molecule has 0 radical (unpaired) electrons. The molecule has 1 saturated carbocycles. The van der Waals surface area contributed by atoms with Crippen molar-refractivity contribution in [3.8, 4) is 0 Å². The van der Waals surface area contributed by atoms with Gasteiger partial charge in [0.1, 0.15) is 0 Å². The molecule has 2 rings (SSSR count). The van der Waals surface area contributed by atoms with Crippen LogP contribution < -0.4 is 10.5 Å². The number of halogens is 1. The minimum atomic E-state index is -3.55. The van der Waals surface area contributed by atoms with E-state index in [-0.39, 0.29) is 16.4 Å². The quantitative estimate of drug-likeness (QED) is 0.850. The van der Waals surface area contributed by atoms with E-state index < -0.39 is 10.0 Å². The van der Waals surface area contributed by atoms with Gasteiger partial charge in [-0.2, -0.15) is 0 Å². The highest BCUT2D eigenvalue weighted by Crippen LogP contribution is 2.38. The summed E-state index contributed by atoms with van der Waals surface area (Å²) in [6.07, 6.45) is 2.99. The molecule has 1 fully saturated rings. The highest BCUT2D eigenvalue weighted by molar-refractivity contribution is 9.10. The van der Waals surface area contributed by atoms with Crippen LogP contribution in [0.1, 0.15) is 44.2 Å². The average Bonchev–Trinajstić information content (AvgIpc) is 2.71. The standard InChI is InChI=1S/C15H23BrN2O2S/c1-10-7-11(9-17)8-12(14(10)16)21(19,20)18-13-5-4-6-15(13,2)3/h7-8,13,18H,4-6,9,17H2,1-3H3. The number of hydrogen-bond donors (Lipinski definition) is 2. The van der Waals surface area contributed by atoms with Gasteiger partial charge in [0.2, 0.25) is 10.0 Å². The Morgan fingerprint density at radius 3 is 2.62 bits per heavy atom. The molecule has 1 aromatic rings. The average molecular weight is 375 g/mol. The second-order valence-corrected chi connectivity index (χ2v) is 8.96. The lowest BCUT2D eigenvalue weighted by Crippen LogP contribution is -2.41. The monoisotopic (exact) mass is 374 g/mol. The molecule has 0 spiro atoms. The minimum absolute atomic E-state index is 0.0000681. The lowest BCUT2D eigenvalue weighted by molar-refractivity contribution is 0.313. The van der Waals surface area contributed by atoms with Crippen LogP contribution in [0.4, 0.5) is 0 Å². The summed E-state index contributed by atoms with van der Waals surface area (Å²) in [5, 5.41) is 0. The van der Waals surface area contributed by atoms with Crippen molar-refractivity contribution in [2.45, 2.75) is 57.5 Å². The van der Waals surface area contributed by atoms with Gasteiger partial charge in [-0.05, 0) is 58.3 Å². The lowest BCUT2D eigenvalue weighted by Gasteiger charge is -2.28. The van der Waals surface area contributed by atoms with Gasteiger partial charge >= 0.3 is 0 Å². The topological polar surface area (TPSA) is 72.2 Å². The fourth-order valence-electron chi connectivity index (χ4n) is 2.92. The van der Waals surface area contributed by atoms with E-state index in [4.69, 9.17) is 5.73 Å². The third kappa shape index (κ3) is 3.50. The maximum Gasteiger partial charge on any atom is 0.241 e. The first kappa shape index (κ1) is 16.9. The maximum atomic E-state index is 12.7. The SMILES string of the molecule is Cc1cc(CN)cc(S(=O)(=O)NC2CCCC2(C)C)c1Br. The number of nitrogens with one attached hydrogen (secondary N) is 1. The third-order valence-corrected chi connectivity index (χ3v) is 7.17. The summed E-state index contributed by atoms with van der Waals surface area (Å²) in [6.45, 7) is 6.43. The van der Waals surface area contributed by atoms with Crippen molar-refractivity contribution in [3.63, 3.8) is 0 Å². The Labute approximate surface area is 135 Å². The molecule has 3 N–H and O–H groups in total. The number of hydrogen-bond acceptors (Lipinski definition) is 3. The molecule has 1 aromatic carbocycles. The molecule has 0 aliphatic heterocycles. The van der Waals surface area contributed by atoms with Crippen molar-refractivity contribution in [1.82, 2.24) is 4.72 Å². The largest absolute Gasteiger partial charge is 0.326 e. The summed E-state index contributed by atoms with van der Waals surface area (Å²) in [4.78, 5) is 0.283. The van der Waals surface area contributed by atoms with Crippen molar-refractivity contribution in [2.24, 2.45) is 11.1 Å². The van der Waals surface area contributed by atoms with E-state index in [0.29, 0.717) is 11.0 Å². The Morgan fingerprint density at radius 1 is 1.43 bits per heavy atom. The highest BCUT2D eigenvalue weighted by atomic mass is 79.9. The Balaban J connectivity index is 2.38. The number of sulfonamides is 1. The van der Waals surface area contributed by atoms with Crippen molar-refractivity contribution in [3.05, 3.63) is 27.7 Å². The number of nitrogens with two attached hydrogens (primary N) is 1. The predicted octanol–water partition coefficient (Wildman–Crippen LogP) is 3.07. The van der Waals surface area contributed by atoms with Crippen molar-refractivity contribution in [1.29, 1.82) is 0 Å². The lowest BCUT2D eigenvalue weighted by atomic mass is 9.88. The highest BCUT2D eigenvalue weighted by Gasteiger charge is 2.37. The Kier molecular flexibility index (Phi) is 4.83. The Morgan fingerprint density at radius 2 is 2.10 bits per heavy atom. The minimum Gasteiger partial charge on any atom is -0.326 e. The van der Waals surface area contributed by atoms with Crippen LogP contribution in [0.2, 0.25) is 0 Å². The summed E-state index contributed by atoms with van der Waals surface area (Å²) in [7, 11) is -3.55. The van der Waals surface area contributed by atoms with Crippen LogP contribution in [-0.4, -0.2) is 14.5 Å². The molecule has 1 atom stereocenters. The molecule has 6 heteroatoms. The van der Waals surface area contributed by atoms with Crippen LogP contribution in [-0.2, 0) is 16.6 Å². The second-order valence-electron chi connectivity index (χ2n) is 6.48. The summed E-state index contributed by atoms with van der Waals surface area (Å²) in [5.74, 6) is 0. The van der Waals surface area contributed by atoms with Gasteiger partial charge in [0, 0.05) is 17.1 Å². The van der Waals surface area contributed by atoms with Crippen molar-refractivity contribution < 1.29 is 8.42 Å². The normalized spacial score (nSPS) is 21.7. The van der Waals surface area contributed by atoms with Gasteiger partial charge < -0.3 is 5.73 Å². The molecule has 0 aromatic heterocycles. The zero-order valence-electron chi connectivity index (χ0n) is 12.7. The maximum absolute atomic E-state index is 12.7. The molecule has 1 aliphatic rings. The van der Waals surface area contributed by atoms with E-state index in [1.165, 1.54) is 0 Å². The molecular weight excluding hydrogens is 352 g/mol. The van der Waals surface area contributed by atoms with Crippen LogP contribution in [0.5, 0.6) is 0 Å². The fraction of sp³-hybridized carbons (Fsp3) is 0.600. The number of aryl methyl sites for hydroxylation is 1. The summed E-state index contributed by atoms with van der Waals surface area (Å²) < 4.78 is 29.0. The van der Waals surface area contributed by atoms with E-state index in [0.717, 1.165) is 30.4 Å². The van der Waals surface area contributed by atoms with Crippen LogP contribution in [0.15, 0.2) is 21.5 Å². The smallest absolute Gasteiger partial charge is 0.241 e. The first-order valence-electron chi connectivity index (χ1n) is 7.19. The van der Waals surface area contributed by atoms with Crippen molar-refractivity contribution >= 4 is 26.0 Å². The van der Waals surface area contributed by atoms with Crippen LogP contribution in [0.25, 0.3) is 0 Å². The van der Waals surface area contributed by atoms with E-state index in [9.17, 15) is 8.42 Å². The van der Waals surface area contributed by atoms with Crippen LogP contribution in [0.3, 0.4) is 0 Å². The molecule has 21 heavy (non-hydrogen) atoms. The van der Waals surface area contributed by atoms with E-state index in [1.807, 2.05) is 13.0 Å². The van der Waals surface area contributed by atoms with E-state index >= 15 is 0 Å². The van der Waals surface area contributed by atoms with Gasteiger partial charge in [-0.25, -0.2) is 13.1 Å². The molecular formula is C15H23BrN2O2S. The molecule has 0 bridgehead atoms. The summed E-state index contributed by atoms with van der Waals surface area (Å²) in [5.41, 5.74) is 7.36. The molecule has 0 amide bonds. The first-order valence-corrected chi connectivity index (χ1v) is 9.46. The predicted molar refractivity (Wildman–Crippen MR) is 88.5 cm³/mol. The Bertz CT molecular complexity index is 641. The van der Waals surface area contributed by atoms with Crippen LogP contribution in [0, 0.1) is 12.3 Å². The zero-order chi connectivity index (χ0) is 15.8. The summed E-state index contributed by atoms with van der Waals surface area (Å²) >= 11 is 3.40. The van der Waals surface area contributed by atoms with Gasteiger partial charge in [0.25, 0.3) is 0 Å². The first-order chi connectivity index (χ1) is 9.67. The third-order valence-electron chi connectivity index (χ3n) is 4.36. The fourth-order valence-corrected chi connectivity index (χ4v) is 5.43. The van der Waals surface area contributed by atoms with Gasteiger partial charge in [-0.15, -0.1) is 0 Å². The molecule has 118 valence electrons. The molecule has 1 unspecified atom stereocenters. The van der Waals surface area contributed by atoms with Gasteiger partial charge in [0.05, 0.1) is 4.90 Å². The molecule has 1 aliphatic carbocycles. The van der Waals surface area contributed by atoms with Gasteiger partial charge in [-0.3, -0.25) is 0 Å². The van der Waals surface area contributed by atoms with Crippen LogP contribution >= 0.6 is 15.9 Å². The Hall–Kier alpha value is -0.430. The number of rotatable bonds is 4. The zero-order valence-corrected chi connectivity index (χ0v) is 15.1. The molecule has 0 heterocycles. The van der Waals surface area contributed by atoms with E-state index in [2.05, 4.69) is 34.5 Å². The molecule has 4 nitrogen and oxygen atoms in total.